The van der Waals surface area contributed by atoms with Crippen molar-refractivity contribution in [2.75, 3.05) is 0 Å². The zero-order chi connectivity index (χ0) is 11.4. The summed E-state index contributed by atoms with van der Waals surface area (Å²) in [7, 11) is 0. The van der Waals surface area contributed by atoms with Gasteiger partial charge in [-0.25, -0.2) is 0 Å². The lowest BCUT2D eigenvalue weighted by Gasteiger charge is -2.05. The molecule has 0 aromatic heterocycles. The first kappa shape index (κ1) is 15.6. The van der Waals surface area contributed by atoms with Gasteiger partial charge in [0.2, 0.25) is 0 Å². The van der Waals surface area contributed by atoms with E-state index in [-0.39, 0.29) is 6.10 Å². The number of hydrogen-bond acceptors (Lipinski definition) is 1. The van der Waals surface area contributed by atoms with Crippen LogP contribution in [-0.4, -0.2) is 5.11 Å². The Morgan fingerprint density at radius 3 is 1.79 bits per heavy atom. The Labute approximate surface area is 88.8 Å². The van der Waals surface area contributed by atoms with Crippen molar-refractivity contribution in [3.8, 4) is 0 Å². The van der Waals surface area contributed by atoms with Gasteiger partial charge in [-0.1, -0.05) is 65.0 Å². The summed E-state index contributed by atoms with van der Waals surface area (Å²) in [5.74, 6) is 0. The molecule has 0 bridgehead atoms. The zero-order valence-corrected chi connectivity index (χ0v) is 10.1. The van der Waals surface area contributed by atoms with Crippen LogP contribution in [0.1, 0.15) is 52.7 Å². The summed E-state index contributed by atoms with van der Waals surface area (Å²) >= 11 is 0. The summed E-state index contributed by atoms with van der Waals surface area (Å²) in [6.07, 6.45) is 0.491. The van der Waals surface area contributed by atoms with Gasteiger partial charge in [-0.15, -0.1) is 0 Å². The normalized spacial score (nSPS) is 10.1. The van der Waals surface area contributed by atoms with Gasteiger partial charge in [0.1, 0.15) is 0 Å². The Morgan fingerprint density at radius 1 is 1.00 bits per heavy atom. The van der Waals surface area contributed by atoms with E-state index in [0.717, 1.165) is 12.0 Å². The maximum absolute atomic E-state index is 9.33. The van der Waals surface area contributed by atoms with Crippen molar-refractivity contribution in [1.29, 1.82) is 0 Å². The average Bonchev–Trinajstić information content (AvgIpc) is 2.34. The van der Waals surface area contributed by atoms with Crippen LogP contribution in [0.5, 0.6) is 0 Å². The van der Waals surface area contributed by atoms with Gasteiger partial charge >= 0.3 is 0 Å². The maximum atomic E-state index is 9.33. The molecule has 0 amide bonds. The van der Waals surface area contributed by atoms with Crippen LogP contribution in [0, 0.1) is 0 Å². The molecule has 0 aliphatic carbocycles. The Morgan fingerprint density at radius 2 is 1.43 bits per heavy atom. The van der Waals surface area contributed by atoms with Crippen LogP contribution in [0.4, 0.5) is 0 Å². The highest BCUT2D eigenvalue weighted by atomic mass is 16.3. The molecule has 1 rings (SSSR count). The van der Waals surface area contributed by atoms with Crippen molar-refractivity contribution in [2.45, 2.75) is 47.1 Å². The second-order valence-electron chi connectivity index (χ2n) is 2.33. The minimum absolute atomic E-state index is 0.291. The van der Waals surface area contributed by atoms with E-state index in [2.05, 4.69) is 0 Å². The van der Waals surface area contributed by atoms with Crippen LogP contribution < -0.4 is 0 Å². The van der Waals surface area contributed by atoms with Gasteiger partial charge in [-0.3, -0.25) is 0 Å². The molecule has 0 saturated carbocycles. The van der Waals surface area contributed by atoms with E-state index in [4.69, 9.17) is 0 Å². The highest BCUT2D eigenvalue weighted by molar-refractivity contribution is 5.16. The number of hydrogen-bond donors (Lipinski definition) is 1. The first-order valence-corrected chi connectivity index (χ1v) is 5.57. The fourth-order valence-electron chi connectivity index (χ4n) is 0.911. The van der Waals surface area contributed by atoms with Crippen LogP contribution in [-0.2, 0) is 0 Å². The predicted molar refractivity (Wildman–Crippen MR) is 64.4 cm³/mol. The molecule has 0 aliphatic rings. The molecule has 1 atom stereocenters. The summed E-state index contributed by atoms with van der Waals surface area (Å²) in [6, 6.07) is 9.70. The van der Waals surface area contributed by atoms with Gasteiger partial charge in [0.25, 0.3) is 0 Å². The molecule has 0 saturated heterocycles. The first-order valence-electron chi connectivity index (χ1n) is 5.57. The minimum Gasteiger partial charge on any atom is -0.388 e. The maximum Gasteiger partial charge on any atom is 0.0787 e. The van der Waals surface area contributed by atoms with E-state index in [0.29, 0.717) is 0 Å². The number of rotatable bonds is 2. The second kappa shape index (κ2) is 12.2. The molecule has 0 spiro atoms. The Bertz CT molecular complexity index is 182. The molecule has 1 aromatic carbocycles. The van der Waals surface area contributed by atoms with E-state index in [9.17, 15) is 5.11 Å². The van der Waals surface area contributed by atoms with Gasteiger partial charge in [0, 0.05) is 0 Å². The van der Waals surface area contributed by atoms with E-state index in [1.165, 1.54) is 0 Å². The molecule has 0 radical (unpaired) electrons. The monoisotopic (exact) mass is 196 g/mol. The summed E-state index contributed by atoms with van der Waals surface area (Å²) in [5, 5.41) is 9.33. The molecule has 0 heterocycles. The fourth-order valence-corrected chi connectivity index (χ4v) is 0.911. The summed E-state index contributed by atoms with van der Waals surface area (Å²) < 4.78 is 0. The molecule has 0 aliphatic heterocycles. The van der Waals surface area contributed by atoms with Crippen LogP contribution in [0.3, 0.4) is 0 Å². The van der Waals surface area contributed by atoms with Gasteiger partial charge in [-0.05, 0) is 12.0 Å². The molecule has 0 unspecified atom stereocenters. The van der Waals surface area contributed by atoms with Crippen molar-refractivity contribution in [3.63, 3.8) is 0 Å². The average molecular weight is 196 g/mol. The summed E-state index contributed by atoms with van der Waals surface area (Å²) in [6.45, 7) is 9.97. The van der Waals surface area contributed by atoms with Gasteiger partial charge < -0.3 is 5.11 Å². The lowest BCUT2D eigenvalue weighted by Crippen LogP contribution is -1.93. The standard InChI is InChI=1S/C9H12O.2C2H6/c1-2-9(10)8-6-4-3-5-7-8;2*1-2/h3-7,9-10H,2H2,1H3;2*1-2H3/t9-;;/m1../s1. The third-order valence-corrected chi connectivity index (χ3v) is 1.57. The smallest absolute Gasteiger partial charge is 0.0787 e. The number of benzene rings is 1. The van der Waals surface area contributed by atoms with Crippen molar-refractivity contribution in [1.82, 2.24) is 0 Å². The molecule has 1 heteroatoms. The highest BCUT2D eigenvalue weighted by Crippen LogP contribution is 2.14. The van der Waals surface area contributed by atoms with Gasteiger partial charge in [0.05, 0.1) is 6.10 Å². The van der Waals surface area contributed by atoms with Crippen molar-refractivity contribution in [2.24, 2.45) is 0 Å². The zero-order valence-electron chi connectivity index (χ0n) is 10.1. The van der Waals surface area contributed by atoms with Gasteiger partial charge in [-0.2, -0.15) is 0 Å². The second-order valence-corrected chi connectivity index (χ2v) is 2.33. The quantitative estimate of drug-likeness (QED) is 0.752. The lowest BCUT2D eigenvalue weighted by atomic mass is 10.1. The van der Waals surface area contributed by atoms with Crippen molar-refractivity contribution >= 4 is 0 Å². The molecule has 0 fully saturated rings. The van der Waals surface area contributed by atoms with Crippen molar-refractivity contribution < 1.29 is 5.11 Å². The molecule has 14 heavy (non-hydrogen) atoms. The fraction of sp³-hybridized carbons (Fsp3) is 0.538. The van der Waals surface area contributed by atoms with E-state index < -0.39 is 0 Å². The third-order valence-electron chi connectivity index (χ3n) is 1.57. The topological polar surface area (TPSA) is 20.2 Å². The van der Waals surface area contributed by atoms with Crippen molar-refractivity contribution in [3.05, 3.63) is 35.9 Å². The SMILES string of the molecule is CC.CC.CC[C@@H](O)c1ccccc1. The molecule has 1 N–H and O–H groups in total. The molecular formula is C13H24O. The Balaban J connectivity index is 0. The van der Waals surface area contributed by atoms with E-state index in [1.807, 2.05) is 65.0 Å². The molecule has 82 valence electrons. The van der Waals surface area contributed by atoms with Gasteiger partial charge in [0.15, 0.2) is 0 Å². The van der Waals surface area contributed by atoms with Crippen LogP contribution in [0.2, 0.25) is 0 Å². The molecular weight excluding hydrogens is 172 g/mol. The van der Waals surface area contributed by atoms with Crippen LogP contribution in [0.25, 0.3) is 0 Å². The summed E-state index contributed by atoms with van der Waals surface area (Å²) in [4.78, 5) is 0. The molecule has 1 aromatic rings. The van der Waals surface area contributed by atoms with Crippen LogP contribution in [0.15, 0.2) is 30.3 Å². The Kier molecular flexibility index (Phi) is 13.6. The lowest BCUT2D eigenvalue weighted by molar-refractivity contribution is 0.173. The van der Waals surface area contributed by atoms with E-state index in [1.54, 1.807) is 0 Å². The number of aliphatic hydroxyl groups excluding tert-OH is 1. The van der Waals surface area contributed by atoms with E-state index >= 15 is 0 Å². The Hall–Kier alpha value is -0.820. The molecule has 1 nitrogen and oxygen atoms in total. The largest absolute Gasteiger partial charge is 0.388 e. The third kappa shape index (κ3) is 6.67. The summed E-state index contributed by atoms with van der Waals surface area (Å²) in [5.41, 5.74) is 1.00. The first-order chi connectivity index (χ1) is 6.84. The minimum atomic E-state index is -0.291. The van der Waals surface area contributed by atoms with Crippen LogP contribution >= 0.6 is 0 Å². The number of aliphatic hydroxyl groups is 1. The predicted octanol–water partition coefficient (Wildman–Crippen LogP) is 4.18. The highest BCUT2D eigenvalue weighted by Gasteiger charge is 2.00.